The van der Waals surface area contributed by atoms with Crippen LogP contribution in [0, 0.1) is 17.0 Å². The third-order valence-corrected chi connectivity index (χ3v) is 4.81. The Morgan fingerprint density at radius 3 is 2.90 bits per heavy atom. The molecule has 21 heavy (non-hydrogen) atoms. The fourth-order valence-electron chi connectivity index (χ4n) is 2.86. The second-order valence-corrected chi connectivity index (χ2v) is 7.17. The molecule has 0 radical (unpaired) electrons. The molecule has 2 aromatic rings. The highest BCUT2D eigenvalue weighted by molar-refractivity contribution is 7.18. The molecule has 1 saturated heterocycles. The molecule has 6 nitrogen and oxygen atoms in total. The van der Waals surface area contributed by atoms with Crippen molar-refractivity contribution in [2.24, 2.45) is 0 Å². The van der Waals surface area contributed by atoms with Crippen molar-refractivity contribution >= 4 is 32.9 Å². The first-order valence-corrected chi connectivity index (χ1v) is 7.74. The molecule has 1 aromatic carbocycles. The van der Waals surface area contributed by atoms with Crippen molar-refractivity contribution < 1.29 is 4.92 Å². The molecule has 2 heterocycles. The minimum Gasteiger partial charge on any atom is -0.358 e. The summed E-state index contributed by atoms with van der Waals surface area (Å²) in [5.41, 5.74) is 1.51. The van der Waals surface area contributed by atoms with Gasteiger partial charge in [-0.25, -0.2) is 4.98 Å². The van der Waals surface area contributed by atoms with Crippen molar-refractivity contribution in [2.45, 2.75) is 26.3 Å². The SMILES string of the molecule is Cc1nc2cc(N3CCNCC3(C)C)c([N+](=O)[O-])cc2s1. The summed E-state index contributed by atoms with van der Waals surface area (Å²) in [7, 11) is 0. The third-order valence-electron chi connectivity index (χ3n) is 3.88. The molecule has 7 heteroatoms. The van der Waals surface area contributed by atoms with Gasteiger partial charge in [0.25, 0.3) is 5.69 Å². The van der Waals surface area contributed by atoms with Crippen LogP contribution in [-0.4, -0.2) is 35.1 Å². The number of nitro groups is 1. The van der Waals surface area contributed by atoms with E-state index in [9.17, 15) is 10.1 Å². The molecule has 1 N–H and O–H groups in total. The molecule has 112 valence electrons. The predicted octanol–water partition coefficient (Wildman–Crippen LogP) is 2.70. The molecule has 0 spiro atoms. The fourth-order valence-corrected chi connectivity index (χ4v) is 3.70. The first-order valence-electron chi connectivity index (χ1n) is 6.92. The van der Waals surface area contributed by atoms with E-state index in [1.54, 1.807) is 6.07 Å². The lowest BCUT2D eigenvalue weighted by atomic mass is 9.98. The number of nitro benzene ring substituents is 1. The van der Waals surface area contributed by atoms with E-state index in [0.29, 0.717) is 5.69 Å². The number of nitrogens with zero attached hydrogens (tertiary/aromatic N) is 3. The number of hydrogen-bond acceptors (Lipinski definition) is 6. The van der Waals surface area contributed by atoms with Gasteiger partial charge in [-0.1, -0.05) is 0 Å². The molecule has 0 unspecified atom stereocenters. The number of rotatable bonds is 2. The monoisotopic (exact) mass is 306 g/mol. The normalized spacial score (nSPS) is 18.1. The van der Waals surface area contributed by atoms with Gasteiger partial charge in [-0.05, 0) is 26.8 Å². The smallest absolute Gasteiger partial charge is 0.294 e. The van der Waals surface area contributed by atoms with Crippen molar-refractivity contribution in [1.82, 2.24) is 10.3 Å². The molecule has 1 aromatic heterocycles. The maximum absolute atomic E-state index is 11.5. The van der Waals surface area contributed by atoms with E-state index in [0.717, 1.165) is 34.9 Å². The van der Waals surface area contributed by atoms with Gasteiger partial charge in [-0.3, -0.25) is 10.1 Å². The van der Waals surface area contributed by atoms with Crippen LogP contribution in [0.4, 0.5) is 11.4 Å². The second-order valence-electron chi connectivity index (χ2n) is 5.94. The molecule has 0 amide bonds. The van der Waals surface area contributed by atoms with Crippen molar-refractivity contribution in [3.05, 3.63) is 27.3 Å². The number of hydrogen-bond donors (Lipinski definition) is 1. The number of aromatic nitrogens is 1. The molecule has 1 aliphatic rings. The van der Waals surface area contributed by atoms with E-state index in [-0.39, 0.29) is 16.1 Å². The van der Waals surface area contributed by atoms with E-state index in [4.69, 9.17) is 0 Å². The zero-order valence-corrected chi connectivity index (χ0v) is 13.2. The van der Waals surface area contributed by atoms with Crippen LogP contribution in [-0.2, 0) is 0 Å². The molecule has 0 atom stereocenters. The van der Waals surface area contributed by atoms with Gasteiger partial charge in [0.05, 0.1) is 20.1 Å². The average molecular weight is 306 g/mol. The summed E-state index contributed by atoms with van der Waals surface area (Å²) in [5, 5.41) is 15.7. The number of thiazole rings is 1. The maximum atomic E-state index is 11.5. The van der Waals surface area contributed by atoms with E-state index >= 15 is 0 Å². The lowest BCUT2D eigenvalue weighted by Crippen LogP contribution is -2.58. The number of anilines is 1. The number of nitrogens with one attached hydrogen (secondary N) is 1. The first-order chi connectivity index (χ1) is 9.88. The second kappa shape index (κ2) is 4.92. The number of aryl methyl sites for hydroxylation is 1. The van der Waals surface area contributed by atoms with Gasteiger partial charge in [0.2, 0.25) is 0 Å². The summed E-state index contributed by atoms with van der Waals surface area (Å²) >= 11 is 1.49. The number of piperazine rings is 1. The summed E-state index contributed by atoms with van der Waals surface area (Å²) < 4.78 is 0.871. The Morgan fingerprint density at radius 2 is 2.24 bits per heavy atom. The standard InChI is InChI=1S/C14H18N4O2S/c1-9-16-10-6-11(12(18(19)20)7-13(10)21-9)17-5-4-15-8-14(17,2)3/h6-7,15H,4-5,8H2,1-3H3. The summed E-state index contributed by atoms with van der Waals surface area (Å²) in [6.07, 6.45) is 0. The Balaban J connectivity index is 2.19. The molecule has 0 saturated carbocycles. The Morgan fingerprint density at radius 1 is 1.48 bits per heavy atom. The third kappa shape index (κ3) is 2.47. The molecular formula is C14H18N4O2S. The van der Waals surface area contributed by atoms with Crippen LogP contribution in [0.1, 0.15) is 18.9 Å². The first kappa shape index (κ1) is 14.2. The Labute approximate surface area is 126 Å². The van der Waals surface area contributed by atoms with Crippen LogP contribution in [0.2, 0.25) is 0 Å². The topological polar surface area (TPSA) is 71.3 Å². The number of fused-ring (bicyclic) bond motifs is 1. The maximum Gasteiger partial charge on any atom is 0.294 e. The van der Waals surface area contributed by atoms with Crippen molar-refractivity contribution in [3.8, 4) is 0 Å². The van der Waals surface area contributed by atoms with E-state index in [1.807, 2.05) is 13.0 Å². The largest absolute Gasteiger partial charge is 0.358 e. The molecule has 1 aliphatic heterocycles. The van der Waals surface area contributed by atoms with E-state index in [1.165, 1.54) is 11.3 Å². The minimum atomic E-state index is -0.290. The Kier molecular flexibility index (Phi) is 3.33. The van der Waals surface area contributed by atoms with E-state index in [2.05, 4.69) is 29.0 Å². The Bertz CT molecular complexity index is 710. The minimum absolute atomic E-state index is 0.165. The van der Waals surface area contributed by atoms with Gasteiger partial charge in [0.15, 0.2) is 0 Å². The fraction of sp³-hybridized carbons (Fsp3) is 0.500. The van der Waals surface area contributed by atoms with Crippen LogP contribution in [0.5, 0.6) is 0 Å². The van der Waals surface area contributed by atoms with Gasteiger partial charge < -0.3 is 10.2 Å². The van der Waals surface area contributed by atoms with Crippen molar-refractivity contribution in [1.29, 1.82) is 0 Å². The van der Waals surface area contributed by atoms with Crippen molar-refractivity contribution in [3.63, 3.8) is 0 Å². The highest BCUT2D eigenvalue weighted by Crippen LogP contribution is 2.38. The zero-order valence-electron chi connectivity index (χ0n) is 12.3. The van der Waals surface area contributed by atoms with Gasteiger partial charge >= 0.3 is 0 Å². The van der Waals surface area contributed by atoms with Gasteiger partial charge in [-0.15, -0.1) is 11.3 Å². The molecule has 0 aliphatic carbocycles. The Hall–Kier alpha value is -1.73. The van der Waals surface area contributed by atoms with Gasteiger partial charge in [0, 0.05) is 31.2 Å². The molecule has 0 bridgehead atoms. The lowest BCUT2D eigenvalue weighted by Gasteiger charge is -2.44. The molecule has 1 fully saturated rings. The van der Waals surface area contributed by atoms with Crippen LogP contribution in [0.25, 0.3) is 10.2 Å². The summed E-state index contributed by atoms with van der Waals surface area (Å²) in [5.74, 6) is 0. The van der Waals surface area contributed by atoms with Crippen LogP contribution in [0.15, 0.2) is 12.1 Å². The van der Waals surface area contributed by atoms with Crippen LogP contribution >= 0.6 is 11.3 Å². The summed E-state index contributed by atoms with van der Waals surface area (Å²) in [6.45, 7) is 8.50. The molecular weight excluding hydrogens is 288 g/mol. The summed E-state index contributed by atoms with van der Waals surface area (Å²) in [6, 6.07) is 3.53. The van der Waals surface area contributed by atoms with Crippen molar-refractivity contribution in [2.75, 3.05) is 24.5 Å². The highest BCUT2D eigenvalue weighted by atomic mass is 32.1. The number of benzene rings is 1. The zero-order chi connectivity index (χ0) is 15.2. The van der Waals surface area contributed by atoms with Gasteiger partial charge in [0.1, 0.15) is 5.69 Å². The quantitative estimate of drug-likeness (QED) is 0.682. The lowest BCUT2D eigenvalue weighted by molar-refractivity contribution is -0.384. The molecule has 3 rings (SSSR count). The predicted molar refractivity (Wildman–Crippen MR) is 85.3 cm³/mol. The average Bonchev–Trinajstić information content (AvgIpc) is 2.75. The highest BCUT2D eigenvalue weighted by Gasteiger charge is 2.34. The van der Waals surface area contributed by atoms with Crippen LogP contribution < -0.4 is 10.2 Å². The van der Waals surface area contributed by atoms with E-state index < -0.39 is 0 Å². The summed E-state index contributed by atoms with van der Waals surface area (Å²) in [4.78, 5) is 17.8. The van der Waals surface area contributed by atoms with Crippen LogP contribution in [0.3, 0.4) is 0 Å². The van der Waals surface area contributed by atoms with Gasteiger partial charge in [-0.2, -0.15) is 0 Å².